The number of hydrogen-bond acceptors (Lipinski definition) is 5. The molecule has 1 saturated heterocycles. The summed E-state index contributed by atoms with van der Waals surface area (Å²) in [5.41, 5.74) is -1.24. The molecule has 0 saturated carbocycles. The number of nitrogens with one attached hydrogen (secondary N) is 2. The number of H-pyrrole nitrogens is 1. The minimum absolute atomic E-state index is 0.0267. The Bertz CT molecular complexity index is 1350. The Hall–Kier alpha value is -3.58. The highest BCUT2D eigenvalue weighted by molar-refractivity contribution is 5.95. The van der Waals surface area contributed by atoms with Crippen molar-refractivity contribution in [3.8, 4) is 0 Å². The first kappa shape index (κ1) is 30.4. The van der Waals surface area contributed by atoms with E-state index in [2.05, 4.69) is 15.5 Å². The normalized spacial score (nSPS) is 17.3. The number of para-hydroxylation sites is 1. The van der Waals surface area contributed by atoms with Crippen LogP contribution in [0.25, 0.3) is 10.9 Å². The van der Waals surface area contributed by atoms with Crippen molar-refractivity contribution in [2.45, 2.75) is 31.7 Å². The lowest BCUT2D eigenvalue weighted by Crippen LogP contribution is -2.56. The number of rotatable bonds is 9. The number of likely N-dealkylation sites (N-methyl/N-ethyl adjacent to an activating group) is 1. The van der Waals surface area contributed by atoms with Gasteiger partial charge in [-0.15, -0.1) is 0 Å². The standard InChI is InChI=1S/C28H31F6N5O2/c1-18(37-41-10-7-35-2)16-38-8-9-39(23(17-38)13-20-15-36-25-6-4-3-5-24(20)25)26(40)19-11-21(27(29,30)31)14-22(12-19)28(32,33)34/h3-6,11-12,14-15,23,35-36H,7-10,13,16-17H2,1-2H3/t23-/m1/s1. The van der Waals surface area contributed by atoms with Crippen LogP contribution in [-0.2, 0) is 23.6 Å². The average molecular weight is 584 g/mol. The molecule has 0 radical (unpaired) electrons. The Morgan fingerprint density at radius 3 is 2.41 bits per heavy atom. The zero-order valence-electron chi connectivity index (χ0n) is 22.6. The van der Waals surface area contributed by atoms with Crippen LogP contribution in [0.4, 0.5) is 26.3 Å². The average Bonchev–Trinajstić information content (AvgIpc) is 3.32. The van der Waals surface area contributed by atoms with Gasteiger partial charge in [-0.2, -0.15) is 26.3 Å². The maximum Gasteiger partial charge on any atom is 0.416 e. The topological polar surface area (TPSA) is 73.0 Å². The first-order valence-electron chi connectivity index (χ1n) is 13.0. The molecule has 7 nitrogen and oxygen atoms in total. The summed E-state index contributed by atoms with van der Waals surface area (Å²) < 4.78 is 81.0. The van der Waals surface area contributed by atoms with Gasteiger partial charge < -0.3 is 20.0 Å². The third-order valence-electron chi connectivity index (χ3n) is 6.91. The molecule has 1 fully saturated rings. The lowest BCUT2D eigenvalue weighted by atomic mass is 9.98. The van der Waals surface area contributed by atoms with E-state index in [1.807, 2.05) is 29.2 Å². The lowest BCUT2D eigenvalue weighted by molar-refractivity contribution is -0.143. The maximum absolute atomic E-state index is 13.6. The molecule has 1 aliphatic heterocycles. The molecular formula is C28H31F6N5O2. The second-order valence-corrected chi connectivity index (χ2v) is 10.0. The third-order valence-corrected chi connectivity index (χ3v) is 6.91. The monoisotopic (exact) mass is 583 g/mol. The molecular weight excluding hydrogens is 552 g/mol. The van der Waals surface area contributed by atoms with Gasteiger partial charge >= 0.3 is 12.4 Å². The van der Waals surface area contributed by atoms with Crippen LogP contribution in [0.3, 0.4) is 0 Å². The van der Waals surface area contributed by atoms with Gasteiger partial charge in [0.1, 0.15) is 6.61 Å². The summed E-state index contributed by atoms with van der Waals surface area (Å²) in [6.45, 7) is 4.02. The Balaban J connectivity index is 1.63. The van der Waals surface area contributed by atoms with Gasteiger partial charge in [-0.05, 0) is 50.2 Å². The number of oxime groups is 1. The summed E-state index contributed by atoms with van der Waals surface area (Å²) in [6.07, 6.45) is -7.96. The summed E-state index contributed by atoms with van der Waals surface area (Å²) in [5.74, 6) is -0.883. The highest BCUT2D eigenvalue weighted by Crippen LogP contribution is 2.37. The number of hydrogen-bond donors (Lipinski definition) is 2. The number of benzene rings is 2. The second kappa shape index (κ2) is 12.5. The van der Waals surface area contributed by atoms with Gasteiger partial charge in [-0.1, -0.05) is 23.4 Å². The number of alkyl halides is 6. The molecule has 4 rings (SSSR count). The quantitative estimate of drug-likeness (QED) is 0.158. The zero-order valence-corrected chi connectivity index (χ0v) is 22.6. The predicted molar refractivity (Wildman–Crippen MR) is 143 cm³/mol. The third kappa shape index (κ3) is 7.59. The summed E-state index contributed by atoms with van der Waals surface area (Å²) in [5, 5.41) is 7.97. The number of aromatic nitrogens is 1. The van der Waals surface area contributed by atoms with Crippen LogP contribution in [-0.4, -0.2) is 78.8 Å². The summed E-state index contributed by atoms with van der Waals surface area (Å²) in [4.78, 5) is 25.5. The molecule has 41 heavy (non-hydrogen) atoms. The lowest BCUT2D eigenvalue weighted by Gasteiger charge is -2.41. The van der Waals surface area contributed by atoms with Crippen molar-refractivity contribution in [2.24, 2.45) is 5.16 Å². The van der Waals surface area contributed by atoms with Crippen molar-refractivity contribution in [2.75, 3.05) is 46.4 Å². The molecule has 1 atom stereocenters. The van der Waals surface area contributed by atoms with Gasteiger partial charge in [0.05, 0.1) is 16.8 Å². The van der Waals surface area contributed by atoms with Gasteiger partial charge in [0.15, 0.2) is 0 Å². The maximum atomic E-state index is 13.6. The first-order chi connectivity index (χ1) is 19.4. The zero-order chi connectivity index (χ0) is 29.8. The van der Waals surface area contributed by atoms with Gasteiger partial charge in [0.25, 0.3) is 5.91 Å². The van der Waals surface area contributed by atoms with Crippen molar-refractivity contribution in [1.29, 1.82) is 0 Å². The highest BCUT2D eigenvalue weighted by atomic mass is 19.4. The fourth-order valence-electron chi connectivity index (χ4n) is 4.96. The van der Waals surface area contributed by atoms with Crippen molar-refractivity contribution in [3.63, 3.8) is 0 Å². The number of aromatic amines is 1. The minimum Gasteiger partial charge on any atom is -0.394 e. The molecule has 2 N–H and O–H groups in total. The van der Waals surface area contributed by atoms with E-state index < -0.39 is 41.0 Å². The van der Waals surface area contributed by atoms with Gasteiger partial charge in [0.2, 0.25) is 0 Å². The number of fused-ring (bicyclic) bond motifs is 1. The van der Waals surface area contributed by atoms with Gasteiger partial charge in [0, 0.05) is 61.4 Å². The van der Waals surface area contributed by atoms with E-state index in [1.54, 1.807) is 20.2 Å². The first-order valence-corrected chi connectivity index (χ1v) is 13.0. The van der Waals surface area contributed by atoms with E-state index in [4.69, 9.17) is 4.84 Å². The van der Waals surface area contributed by atoms with Crippen molar-refractivity contribution in [3.05, 3.63) is 70.9 Å². The molecule has 2 heterocycles. The van der Waals surface area contributed by atoms with E-state index >= 15 is 0 Å². The Morgan fingerprint density at radius 1 is 1.07 bits per heavy atom. The Kier molecular flexibility index (Phi) is 9.27. The largest absolute Gasteiger partial charge is 0.416 e. The molecule has 0 unspecified atom stereocenters. The van der Waals surface area contributed by atoms with Crippen LogP contribution >= 0.6 is 0 Å². The van der Waals surface area contributed by atoms with Crippen LogP contribution in [0.15, 0.2) is 53.8 Å². The molecule has 1 aromatic heterocycles. The molecule has 222 valence electrons. The van der Waals surface area contributed by atoms with Crippen molar-refractivity contribution in [1.82, 2.24) is 20.1 Å². The van der Waals surface area contributed by atoms with Crippen molar-refractivity contribution < 1.29 is 36.0 Å². The van der Waals surface area contributed by atoms with E-state index in [0.29, 0.717) is 57.1 Å². The molecule has 3 aromatic rings. The second-order valence-electron chi connectivity index (χ2n) is 10.0. The fourth-order valence-corrected chi connectivity index (χ4v) is 4.96. The SMILES string of the molecule is CNCCON=C(C)CN1CCN(C(=O)c2cc(C(F)(F)F)cc(C(F)(F)F)c2)[C@H](Cc2c[nH]c3ccccc23)C1. The van der Waals surface area contributed by atoms with Gasteiger partial charge in [-0.3, -0.25) is 9.69 Å². The van der Waals surface area contributed by atoms with Crippen LogP contribution in [0, 0.1) is 0 Å². The molecule has 0 aliphatic carbocycles. The smallest absolute Gasteiger partial charge is 0.394 e. The summed E-state index contributed by atoms with van der Waals surface area (Å²) in [7, 11) is 1.79. The van der Waals surface area contributed by atoms with E-state index in [0.717, 1.165) is 16.5 Å². The van der Waals surface area contributed by atoms with Crippen LogP contribution in [0.5, 0.6) is 0 Å². The van der Waals surface area contributed by atoms with Crippen molar-refractivity contribution >= 4 is 22.5 Å². The molecule has 2 aromatic carbocycles. The molecule has 1 aliphatic rings. The molecule has 13 heteroatoms. The number of carbonyl (C=O) groups excluding carboxylic acids is 1. The molecule has 0 bridgehead atoms. The van der Waals surface area contributed by atoms with E-state index in [-0.39, 0.29) is 12.6 Å². The fraction of sp³-hybridized carbons (Fsp3) is 0.429. The van der Waals surface area contributed by atoms with Crippen LogP contribution in [0.1, 0.15) is 34.0 Å². The van der Waals surface area contributed by atoms with Crippen LogP contribution in [0.2, 0.25) is 0 Å². The number of nitrogens with zero attached hydrogens (tertiary/aromatic N) is 3. The van der Waals surface area contributed by atoms with E-state index in [9.17, 15) is 31.1 Å². The summed E-state index contributed by atoms with van der Waals surface area (Å²) >= 11 is 0. The number of carbonyl (C=O) groups is 1. The number of halogens is 6. The Labute approximate surface area is 233 Å². The number of amides is 1. The van der Waals surface area contributed by atoms with E-state index in [1.165, 1.54) is 4.90 Å². The molecule has 0 spiro atoms. The number of piperazine rings is 1. The minimum atomic E-state index is -5.05. The summed E-state index contributed by atoms with van der Waals surface area (Å²) in [6, 6.07) is 8.02. The Morgan fingerprint density at radius 2 is 1.76 bits per heavy atom. The van der Waals surface area contributed by atoms with Gasteiger partial charge in [-0.25, -0.2) is 0 Å². The molecule has 1 amide bonds. The predicted octanol–water partition coefficient (Wildman–Crippen LogP) is 5.19. The highest BCUT2D eigenvalue weighted by Gasteiger charge is 2.39. The van der Waals surface area contributed by atoms with Crippen LogP contribution < -0.4 is 5.32 Å².